The van der Waals surface area contributed by atoms with Crippen molar-refractivity contribution in [3.63, 3.8) is 0 Å². The van der Waals surface area contributed by atoms with Gasteiger partial charge in [0.1, 0.15) is 0 Å². The molecule has 2 rings (SSSR count). The highest BCUT2D eigenvalue weighted by molar-refractivity contribution is 5.69. The summed E-state index contributed by atoms with van der Waals surface area (Å²) in [6, 6.07) is 9.96. The Morgan fingerprint density at radius 3 is 2.82 bits per heavy atom. The lowest BCUT2D eigenvalue weighted by Gasteiger charge is -2.37. The molecule has 0 aromatic heterocycles. The molecule has 0 bridgehead atoms. The second-order valence-electron chi connectivity index (χ2n) is 4.39. The number of hydrogen-bond acceptors (Lipinski definition) is 3. The number of nitrogens with zero attached hydrogens (tertiary/aromatic N) is 1. The normalized spacial score (nSPS) is 25.7. The van der Waals surface area contributed by atoms with Crippen LogP contribution in [-0.4, -0.2) is 41.8 Å². The fourth-order valence-electron chi connectivity index (χ4n) is 2.20. The molecule has 2 atom stereocenters. The van der Waals surface area contributed by atoms with Crippen molar-refractivity contribution in [3.05, 3.63) is 35.9 Å². The average Bonchev–Trinajstić information content (AvgIpc) is 2.29. The molecule has 0 unspecified atom stereocenters. The number of morpholine rings is 1. The fraction of sp³-hybridized carbons (Fsp3) is 0.462. The van der Waals surface area contributed by atoms with Crippen LogP contribution >= 0.6 is 0 Å². The van der Waals surface area contributed by atoms with Gasteiger partial charge in [-0.05, 0) is 12.5 Å². The minimum absolute atomic E-state index is 0.0449. The van der Waals surface area contributed by atoms with Gasteiger partial charge < -0.3 is 9.84 Å². The molecule has 4 nitrogen and oxygen atoms in total. The Morgan fingerprint density at radius 1 is 1.47 bits per heavy atom. The Labute approximate surface area is 101 Å². The van der Waals surface area contributed by atoms with Crippen molar-refractivity contribution >= 4 is 5.97 Å². The van der Waals surface area contributed by atoms with Crippen molar-refractivity contribution in [2.24, 2.45) is 0 Å². The van der Waals surface area contributed by atoms with E-state index in [0.717, 1.165) is 5.56 Å². The third kappa shape index (κ3) is 3.05. The number of rotatable bonds is 3. The fourth-order valence-corrected chi connectivity index (χ4v) is 2.20. The van der Waals surface area contributed by atoms with E-state index in [9.17, 15) is 4.79 Å². The van der Waals surface area contributed by atoms with E-state index in [2.05, 4.69) is 0 Å². The first-order valence-corrected chi connectivity index (χ1v) is 5.79. The highest BCUT2D eigenvalue weighted by Crippen LogP contribution is 2.25. The number of carboxylic acid groups (broad SMARTS) is 1. The first-order chi connectivity index (χ1) is 8.16. The summed E-state index contributed by atoms with van der Waals surface area (Å²) >= 11 is 0. The summed E-state index contributed by atoms with van der Waals surface area (Å²) in [6.07, 6.45) is 0.0920. The molecular formula is C13H17NO3. The van der Waals surface area contributed by atoms with Crippen LogP contribution in [0, 0.1) is 0 Å². The Bertz CT molecular complexity index is 380. The van der Waals surface area contributed by atoms with Gasteiger partial charge in [-0.1, -0.05) is 30.3 Å². The van der Waals surface area contributed by atoms with E-state index in [4.69, 9.17) is 9.84 Å². The molecule has 0 amide bonds. The maximum Gasteiger partial charge on any atom is 0.317 e. The van der Waals surface area contributed by atoms with Gasteiger partial charge in [-0.2, -0.15) is 0 Å². The predicted molar refractivity (Wildman–Crippen MR) is 63.8 cm³/mol. The first-order valence-electron chi connectivity index (χ1n) is 5.79. The van der Waals surface area contributed by atoms with E-state index in [1.54, 1.807) is 0 Å². The Kier molecular flexibility index (Phi) is 3.76. The van der Waals surface area contributed by atoms with Crippen LogP contribution in [0.25, 0.3) is 0 Å². The first kappa shape index (κ1) is 12.1. The van der Waals surface area contributed by atoms with Crippen LogP contribution in [0.4, 0.5) is 0 Å². The van der Waals surface area contributed by atoms with E-state index < -0.39 is 5.97 Å². The highest BCUT2D eigenvalue weighted by Gasteiger charge is 2.29. The standard InChI is InChI=1S/C13H17NO3/c1-10-7-14(8-13(15)16)12(9-17-10)11-5-3-2-4-6-11/h2-6,10,12H,7-9H2,1H3,(H,15,16)/t10-,12+/m1/s1. The second kappa shape index (κ2) is 5.29. The maximum atomic E-state index is 10.9. The molecule has 1 saturated heterocycles. The Balaban J connectivity index is 2.15. The Hall–Kier alpha value is -1.39. The van der Waals surface area contributed by atoms with Gasteiger partial charge in [-0.15, -0.1) is 0 Å². The van der Waals surface area contributed by atoms with Gasteiger partial charge in [-0.3, -0.25) is 9.69 Å². The zero-order chi connectivity index (χ0) is 12.3. The molecule has 1 aliphatic heterocycles. The quantitative estimate of drug-likeness (QED) is 0.863. The summed E-state index contributed by atoms with van der Waals surface area (Å²) < 4.78 is 5.62. The van der Waals surface area contributed by atoms with Crippen LogP contribution in [0.1, 0.15) is 18.5 Å². The van der Waals surface area contributed by atoms with Gasteiger partial charge in [0.05, 0.1) is 25.3 Å². The summed E-state index contributed by atoms with van der Waals surface area (Å²) in [5.41, 5.74) is 1.11. The topological polar surface area (TPSA) is 49.8 Å². The van der Waals surface area contributed by atoms with Crippen molar-refractivity contribution < 1.29 is 14.6 Å². The van der Waals surface area contributed by atoms with Gasteiger partial charge in [0.25, 0.3) is 0 Å². The predicted octanol–water partition coefficient (Wildman–Crippen LogP) is 1.53. The van der Waals surface area contributed by atoms with Crippen molar-refractivity contribution in [3.8, 4) is 0 Å². The molecule has 17 heavy (non-hydrogen) atoms. The SMILES string of the molecule is C[C@@H]1CN(CC(=O)O)[C@H](c2ccccc2)CO1. The van der Waals surface area contributed by atoms with E-state index in [0.29, 0.717) is 13.2 Å². The molecule has 0 spiro atoms. The second-order valence-corrected chi connectivity index (χ2v) is 4.39. The summed E-state index contributed by atoms with van der Waals surface area (Å²) in [6.45, 7) is 3.24. The Morgan fingerprint density at radius 2 is 2.18 bits per heavy atom. The minimum atomic E-state index is -0.792. The molecule has 0 aliphatic carbocycles. The van der Waals surface area contributed by atoms with Crippen LogP contribution < -0.4 is 0 Å². The third-order valence-electron chi connectivity index (χ3n) is 2.99. The van der Waals surface area contributed by atoms with Crippen LogP contribution in [0.3, 0.4) is 0 Å². The van der Waals surface area contributed by atoms with Gasteiger partial charge in [0.2, 0.25) is 0 Å². The molecular weight excluding hydrogens is 218 g/mol. The monoisotopic (exact) mass is 235 g/mol. The molecule has 0 saturated carbocycles. The average molecular weight is 235 g/mol. The molecule has 4 heteroatoms. The molecule has 1 N–H and O–H groups in total. The van der Waals surface area contributed by atoms with Crippen LogP contribution in [0.2, 0.25) is 0 Å². The molecule has 92 valence electrons. The van der Waals surface area contributed by atoms with Gasteiger partial charge in [0, 0.05) is 6.54 Å². The zero-order valence-corrected chi connectivity index (χ0v) is 9.87. The van der Waals surface area contributed by atoms with Crippen molar-refractivity contribution in [2.75, 3.05) is 19.7 Å². The lowest BCUT2D eigenvalue weighted by molar-refractivity contribution is -0.142. The summed E-state index contributed by atoms with van der Waals surface area (Å²) in [5.74, 6) is -0.792. The minimum Gasteiger partial charge on any atom is -0.480 e. The smallest absolute Gasteiger partial charge is 0.317 e. The van der Waals surface area contributed by atoms with Crippen molar-refractivity contribution in [1.29, 1.82) is 0 Å². The highest BCUT2D eigenvalue weighted by atomic mass is 16.5. The largest absolute Gasteiger partial charge is 0.480 e. The summed E-state index contributed by atoms with van der Waals surface area (Å²) in [7, 11) is 0. The number of carboxylic acids is 1. The summed E-state index contributed by atoms with van der Waals surface area (Å²) in [4.78, 5) is 12.8. The molecule has 1 fully saturated rings. The lowest BCUT2D eigenvalue weighted by Crippen LogP contribution is -2.45. The van der Waals surface area contributed by atoms with E-state index in [1.807, 2.05) is 42.2 Å². The third-order valence-corrected chi connectivity index (χ3v) is 2.99. The van der Waals surface area contributed by atoms with E-state index in [-0.39, 0.29) is 18.7 Å². The maximum absolute atomic E-state index is 10.9. The van der Waals surface area contributed by atoms with Crippen LogP contribution in [-0.2, 0) is 9.53 Å². The lowest BCUT2D eigenvalue weighted by atomic mass is 10.0. The number of benzene rings is 1. The van der Waals surface area contributed by atoms with E-state index in [1.165, 1.54) is 0 Å². The molecule has 1 aromatic carbocycles. The summed E-state index contributed by atoms with van der Waals surface area (Å²) in [5, 5.41) is 8.93. The van der Waals surface area contributed by atoms with Crippen LogP contribution in [0.5, 0.6) is 0 Å². The number of hydrogen-bond donors (Lipinski definition) is 1. The van der Waals surface area contributed by atoms with Gasteiger partial charge >= 0.3 is 5.97 Å². The molecule has 1 aromatic rings. The molecule has 0 radical (unpaired) electrons. The van der Waals surface area contributed by atoms with Crippen LogP contribution in [0.15, 0.2) is 30.3 Å². The van der Waals surface area contributed by atoms with Gasteiger partial charge in [0.15, 0.2) is 0 Å². The van der Waals surface area contributed by atoms with E-state index >= 15 is 0 Å². The number of carbonyl (C=O) groups is 1. The number of aliphatic carboxylic acids is 1. The molecule has 1 aliphatic rings. The van der Waals surface area contributed by atoms with Gasteiger partial charge in [-0.25, -0.2) is 0 Å². The molecule has 1 heterocycles. The number of ether oxygens (including phenoxy) is 1. The van der Waals surface area contributed by atoms with Crippen molar-refractivity contribution in [2.45, 2.75) is 19.1 Å². The van der Waals surface area contributed by atoms with Crippen molar-refractivity contribution in [1.82, 2.24) is 4.90 Å². The zero-order valence-electron chi connectivity index (χ0n) is 9.87.